The van der Waals surface area contributed by atoms with Crippen LogP contribution in [-0.4, -0.2) is 27.3 Å². The Hall–Kier alpha value is -2.28. The van der Waals surface area contributed by atoms with Crippen LogP contribution in [0.1, 0.15) is 11.1 Å². The zero-order valence-electron chi connectivity index (χ0n) is 14.0. The Labute approximate surface area is 171 Å². The van der Waals surface area contributed by atoms with Gasteiger partial charge in [0.2, 0.25) is 0 Å². The molecule has 0 aliphatic rings. The molecule has 0 radical (unpaired) electrons. The normalized spacial score (nSPS) is 10.6. The van der Waals surface area contributed by atoms with Gasteiger partial charge < -0.3 is 10.1 Å². The van der Waals surface area contributed by atoms with E-state index in [-0.39, 0.29) is 17.5 Å². The van der Waals surface area contributed by atoms with Crippen molar-refractivity contribution < 1.29 is 9.53 Å². The number of nitrogens with zero attached hydrogens (tertiary/aromatic N) is 3. The number of halogens is 3. The maximum absolute atomic E-state index is 12.0. The van der Waals surface area contributed by atoms with Crippen molar-refractivity contribution in [2.45, 2.75) is 13.1 Å². The second kappa shape index (κ2) is 9.08. The number of rotatable bonds is 7. The molecule has 0 spiro atoms. The molecule has 0 saturated heterocycles. The lowest BCUT2D eigenvalue weighted by molar-refractivity contribution is -0.123. The molecule has 0 saturated carbocycles. The molecule has 1 N–H and O–H groups in total. The van der Waals surface area contributed by atoms with Crippen LogP contribution in [0.3, 0.4) is 0 Å². The number of hydrogen-bond acceptors (Lipinski definition) is 4. The number of aromatic nitrogens is 3. The van der Waals surface area contributed by atoms with Crippen molar-refractivity contribution in [2.75, 3.05) is 6.61 Å². The second-order valence-electron chi connectivity index (χ2n) is 5.68. The Morgan fingerprint density at radius 2 is 1.85 bits per heavy atom. The molecule has 3 rings (SSSR count). The fourth-order valence-corrected chi connectivity index (χ4v) is 2.94. The summed E-state index contributed by atoms with van der Waals surface area (Å²) in [5, 5.41) is 7.80. The first-order chi connectivity index (χ1) is 13.0. The number of ether oxygens (including phenoxy) is 1. The van der Waals surface area contributed by atoms with Crippen LogP contribution in [0, 0.1) is 0 Å². The van der Waals surface area contributed by atoms with Crippen molar-refractivity contribution in [2.24, 2.45) is 0 Å². The van der Waals surface area contributed by atoms with E-state index < -0.39 is 0 Å². The molecule has 140 valence electrons. The third-order valence-electron chi connectivity index (χ3n) is 3.63. The fraction of sp³-hybridized carbons (Fsp3) is 0.167. The van der Waals surface area contributed by atoms with Gasteiger partial charge in [-0.3, -0.25) is 4.79 Å². The van der Waals surface area contributed by atoms with Crippen molar-refractivity contribution >= 4 is 40.7 Å². The number of carbonyl (C=O) groups is 1. The van der Waals surface area contributed by atoms with E-state index in [2.05, 4.69) is 15.4 Å². The first kappa shape index (κ1) is 19.5. The van der Waals surface area contributed by atoms with E-state index in [0.29, 0.717) is 28.9 Å². The van der Waals surface area contributed by atoms with Crippen molar-refractivity contribution in [1.82, 2.24) is 20.1 Å². The Balaban J connectivity index is 1.51. The van der Waals surface area contributed by atoms with Gasteiger partial charge in [-0.1, -0.05) is 59.1 Å². The van der Waals surface area contributed by atoms with Gasteiger partial charge in [0.15, 0.2) is 6.61 Å². The molecule has 0 atom stereocenters. The molecule has 2 aromatic carbocycles. The predicted octanol–water partition coefficient (Wildman–Crippen LogP) is 3.98. The fourth-order valence-electron chi connectivity index (χ4n) is 2.35. The average molecular weight is 426 g/mol. The molecule has 0 aliphatic heterocycles. The minimum absolute atomic E-state index is 0.184. The number of benzene rings is 2. The van der Waals surface area contributed by atoms with E-state index >= 15 is 0 Å². The van der Waals surface area contributed by atoms with Crippen LogP contribution in [0.5, 0.6) is 5.75 Å². The van der Waals surface area contributed by atoms with Gasteiger partial charge in [-0.05, 0) is 17.2 Å². The highest BCUT2D eigenvalue weighted by Gasteiger charge is 2.09. The summed E-state index contributed by atoms with van der Waals surface area (Å²) in [4.78, 5) is 16.0. The van der Waals surface area contributed by atoms with Crippen molar-refractivity contribution in [3.05, 3.63) is 75.2 Å². The summed E-state index contributed by atoms with van der Waals surface area (Å²) in [5.41, 5.74) is 2.03. The molecule has 1 amide bonds. The van der Waals surface area contributed by atoms with Crippen molar-refractivity contribution in [3.8, 4) is 5.75 Å². The molecule has 9 heteroatoms. The van der Waals surface area contributed by atoms with Crippen molar-refractivity contribution in [1.29, 1.82) is 0 Å². The average Bonchev–Trinajstić information content (AvgIpc) is 3.15. The van der Waals surface area contributed by atoms with Crippen LogP contribution >= 0.6 is 34.8 Å². The lowest BCUT2D eigenvalue weighted by atomic mass is 10.1. The van der Waals surface area contributed by atoms with Crippen molar-refractivity contribution in [3.63, 3.8) is 0 Å². The lowest BCUT2D eigenvalue weighted by Crippen LogP contribution is -2.28. The molecular formula is C18H15Cl3N4O2. The molecule has 0 aliphatic carbocycles. The maximum atomic E-state index is 12.0. The molecule has 3 aromatic rings. The highest BCUT2D eigenvalue weighted by molar-refractivity contribution is 6.43. The minimum Gasteiger partial charge on any atom is -0.482 e. The smallest absolute Gasteiger partial charge is 0.258 e. The SMILES string of the molecule is O=C(COc1cc(Cl)c(Cl)cc1Cl)NCc1cccc(Cn2cncn2)c1. The molecule has 6 nitrogen and oxygen atoms in total. The summed E-state index contributed by atoms with van der Waals surface area (Å²) < 4.78 is 7.14. The monoisotopic (exact) mass is 424 g/mol. The molecule has 27 heavy (non-hydrogen) atoms. The molecule has 0 unspecified atom stereocenters. The van der Waals surface area contributed by atoms with Gasteiger partial charge in [-0.2, -0.15) is 5.10 Å². The van der Waals surface area contributed by atoms with E-state index in [9.17, 15) is 4.79 Å². The molecule has 1 aromatic heterocycles. The number of carbonyl (C=O) groups excluding carboxylic acids is 1. The lowest BCUT2D eigenvalue weighted by Gasteiger charge is -2.10. The van der Waals surface area contributed by atoms with Gasteiger partial charge in [-0.25, -0.2) is 9.67 Å². The number of hydrogen-bond donors (Lipinski definition) is 1. The second-order valence-corrected chi connectivity index (χ2v) is 6.90. The Morgan fingerprint density at radius 3 is 2.63 bits per heavy atom. The first-order valence-corrected chi connectivity index (χ1v) is 9.09. The summed E-state index contributed by atoms with van der Waals surface area (Å²) in [6, 6.07) is 10.8. The van der Waals surface area contributed by atoms with Crippen LogP contribution in [0.2, 0.25) is 15.1 Å². The van der Waals surface area contributed by atoms with Gasteiger partial charge in [0, 0.05) is 12.6 Å². The standard InChI is InChI=1S/C18H15Cl3N4O2/c19-14-5-16(21)17(6-15(14)20)27-9-18(26)23-7-12-2-1-3-13(4-12)8-25-11-22-10-24-25/h1-6,10-11H,7-9H2,(H,23,26). The van der Waals surface area contributed by atoms with Crippen LogP contribution in [-0.2, 0) is 17.9 Å². The van der Waals surface area contributed by atoms with Gasteiger partial charge in [0.1, 0.15) is 18.4 Å². The summed E-state index contributed by atoms with van der Waals surface area (Å²) in [6.45, 7) is 0.805. The first-order valence-electron chi connectivity index (χ1n) is 7.95. The van der Waals surface area contributed by atoms with Crippen LogP contribution in [0.4, 0.5) is 0 Å². The minimum atomic E-state index is -0.279. The summed E-state index contributed by atoms with van der Waals surface area (Å²) in [6.07, 6.45) is 3.14. The van der Waals surface area contributed by atoms with Crippen LogP contribution in [0.15, 0.2) is 49.1 Å². The van der Waals surface area contributed by atoms with E-state index in [4.69, 9.17) is 39.5 Å². The largest absolute Gasteiger partial charge is 0.482 e. The third-order valence-corrected chi connectivity index (χ3v) is 4.64. The van der Waals surface area contributed by atoms with E-state index in [0.717, 1.165) is 11.1 Å². The van der Waals surface area contributed by atoms with E-state index in [1.54, 1.807) is 11.0 Å². The Morgan fingerprint density at radius 1 is 1.07 bits per heavy atom. The van der Waals surface area contributed by atoms with Gasteiger partial charge in [-0.15, -0.1) is 0 Å². The topological polar surface area (TPSA) is 69.0 Å². The number of nitrogens with one attached hydrogen (secondary N) is 1. The van der Waals surface area contributed by atoms with Crippen LogP contribution < -0.4 is 10.1 Å². The predicted molar refractivity (Wildman–Crippen MR) is 104 cm³/mol. The van der Waals surface area contributed by atoms with Gasteiger partial charge in [0.25, 0.3) is 5.91 Å². The summed E-state index contributed by atoms with van der Waals surface area (Å²) in [5.74, 6) is 0.0230. The third kappa shape index (κ3) is 5.60. The zero-order valence-corrected chi connectivity index (χ0v) is 16.3. The molecule has 0 bridgehead atoms. The van der Waals surface area contributed by atoms with Crippen LogP contribution in [0.25, 0.3) is 0 Å². The highest BCUT2D eigenvalue weighted by Crippen LogP contribution is 2.33. The highest BCUT2D eigenvalue weighted by atomic mass is 35.5. The summed E-state index contributed by atoms with van der Waals surface area (Å²) >= 11 is 17.8. The van der Waals surface area contributed by atoms with E-state index in [1.807, 2.05) is 24.3 Å². The van der Waals surface area contributed by atoms with Gasteiger partial charge >= 0.3 is 0 Å². The zero-order chi connectivity index (χ0) is 19.2. The van der Waals surface area contributed by atoms with E-state index in [1.165, 1.54) is 18.5 Å². The van der Waals surface area contributed by atoms with Gasteiger partial charge in [0.05, 0.1) is 21.6 Å². The molecule has 0 fully saturated rings. The maximum Gasteiger partial charge on any atom is 0.258 e. The molecular weight excluding hydrogens is 411 g/mol. The Kier molecular flexibility index (Phi) is 6.55. The molecule has 1 heterocycles. The summed E-state index contributed by atoms with van der Waals surface area (Å²) in [7, 11) is 0. The number of amides is 1. The quantitative estimate of drug-likeness (QED) is 0.581. The Bertz CT molecular complexity index is 932.